The van der Waals surface area contributed by atoms with Gasteiger partial charge in [-0.05, 0) is 70.4 Å². The van der Waals surface area contributed by atoms with Crippen LogP contribution < -0.4 is 9.64 Å². The van der Waals surface area contributed by atoms with E-state index in [1.165, 1.54) is 24.4 Å². The third-order valence-corrected chi connectivity index (χ3v) is 5.32. The highest BCUT2D eigenvalue weighted by molar-refractivity contribution is 9.10. The maximum atomic E-state index is 13.3. The number of Topliss-reactive ketones (excluding diaryl/α,β-unsaturated/α-hetero) is 1. The van der Waals surface area contributed by atoms with Crippen LogP contribution in [-0.4, -0.2) is 22.8 Å². The molecule has 5 nitrogen and oxygen atoms in total. The van der Waals surface area contributed by atoms with Crippen LogP contribution in [0.4, 0.5) is 24.5 Å². The van der Waals surface area contributed by atoms with Crippen molar-refractivity contribution < 1.29 is 22.7 Å². The highest BCUT2D eigenvalue weighted by Gasteiger charge is 2.35. The molecule has 0 amide bonds. The molecule has 32 heavy (non-hydrogen) atoms. The number of ether oxygens (including phenoxy) is 1. The minimum Gasteiger partial charge on any atom is -0.438 e. The lowest BCUT2D eigenvalue weighted by Gasteiger charge is -2.24. The minimum atomic E-state index is -4.63. The number of anilines is 2. The Bertz CT molecular complexity index is 1170. The summed E-state index contributed by atoms with van der Waals surface area (Å²) in [5.74, 6) is -0.885. The number of carbonyl (C=O) groups is 1. The van der Waals surface area contributed by atoms with E-state index in [4.69, 9.17) is 4.74 Å². The van der Waals surface area contributed by atoms with Crippen molar-refractivity contribution in [3.05, 3.63) is 82.7 Å². The van der Waals surface area contributed by atoms with Crippen LogP contribution in [0.15, 0.2) is 71.6 Å². The van der Waals surface area contributed by atoms with Crippen molar-refractivity contribution in [2.45, 2.75) is 19.5 Å². The van der Waals surface area contributed by atoms with E-state index < -0.39 is 17.6 Å². The molecular weight excluding hydrogens is 487 g/mol. The summed E-state index contributed by atoms with van der Waals surface area (Å²) >= 11 is 3.39. The Morgan fingerprint density at radius 3 is 2.47 bits per heavy atom. The molecule has 0 spiro atoms. The highest BCUT2D eigenvalue weighted by Crippen LogP contribution is 2.39. The largest absolute Gasteiger partial charge is 0.438 e. The molecule has 0 atom stereocenters. The van der Waals surface area contributed by atoms with Crippen molar-refractivity contribution in [1.82, 2.24) is 9.97 Å². The van der Waals surface area contributed by atoms with Crippen LogP contribution in [0, 0.1) is 0 Å². The van der Waals surface area contributed by atoms with Gasteiger partial charge >= 0.3 is 6.18 Å². The molecule has 2 heterocycles. The van der Waals surface area contributed by atoms with Gasteiger partial charge in [-0.1, -0.05) is 13.5 Å². The predicted octanol–water partition coefficient (Wildman–Crippen LogP) is 6.97. The number of hydrogen-bond donors (Lipinski definition) is 0. The molecular formula is C23H19BrF3N3O2. The number of pyridine rings is 2. The zero-order valence-corrected chi connectivity index (χ0v) is 18.9. The zero-order valence-electron chi connectivity index (χ0n) is 17.3. The molecule has 0 N–H and O–H groups in total. The summed E-state index contributed by atoms with van der Waals surface area (Å²) in [6.45, 7) is 5.61. The molecule has 0 bridgehead atoms. The number of alkyl halides is 3. The molecule has 2 aromatic heterocycles. The van der Waals surface area contributed by atoms with Gasteiger partial charge in [0, 0.05) is 25.0 Å². The van der Waals surface area contributed by atoms with Crippen LogP contribution in [-0.2, 0) is 6.18 Å². The van der Waals surface area contributed by atoms with Crippen LogP contribution in [0.2, 0.25) is 0 Å². The van der Waals surface area contributed by atoms with Crippen molar-refractivity contribution in [2.75, 3.05) is 11.9 Å². The van der Waals surface area contributed by atoms with Gasteiger partial charge in [0.1, 0.15) is 15.9 Å². The van der Waals surface area contributed by atoms with Gasteiger partial charge in [0.2, 0.25) is 5.88 Å². The van der Waals surface area contributed by atoms with E-state index in [0.717, 1.165) is 6.07 Å². The standard InChI is InChI=1S/C23H19BrF3N3O2/c1-4-14(2)20(31)16-13-15(32-22-17(23(25,26)27)7-5-12-29-22)9-10-18(16)30(3)19-8-6-11-28-21(19)24/h5-13H,2,4H2,1,3H3. The summed E-state index contributed by atoms with van der Waals surface area (Å²) in [7, 11) is 1.75. The Morgan fingerprint density at radius 1 is 1.12 bits per heavy atom. The fraction of sp³-hybridized carbons (Fsp3) is 0.174. The number of halogens is 4. The SMILES string of the molecule is C=C(CC)C(=O)c1cc(Oc2ncccc2C(F)(F)F)ccc1N(C)c1cccnc1Br. The van der Waals surface area contributed by atoms with E-state index >= 15 is 0 Å². The van der Waals surface area contributed by atoms with Gasteiger partial charge in [-0.15, -0.1) is 0 Å². The lowest BCUT2D eigenvalue weighted by Crippen LogP contribution is -2.16. The number of hydrogen-bond acceptors (Lipinski definition) is 5. The summed E-state index contributed by atoms with van der Waals surface area (Å²) in [5.41, 5.74) is 0.795. The van der Waals surface area contributed by atoms with Gasteiger partial charge in [-0.2, -0.15) is 13.2 Å². The van der Waals surface area contributed by atoms with E-state index in [-0.39, 0.29) is 17.1 Å². The van der Waals surface area contributed by atoms with Gasteiger partial charge in [-0.25, -0.2) is 9.97 Å². The Hall–Kier alpha value is -3.20. The summed E-state index contributed by atoms with van der Waals surface area (Å²) in [4.78, 5) is 22.7. The predicted molar refractivity (Wildman–Crippen MR) is 120 cm³/mol. The van der Waals surface area contributed by atoms with Gasteiger partial charge < -0.3 is 9.64 Å². The summed E-state index contributed by atoms with van der Waals surface area (Å²) in [6, 6.07) is 10.1. The van der Waals surface area contributed by atoms with Gasteiger partial charge in [0.25, 0.3) is 0 Å². The third-order valence-electron chi connectivity index (χ3n) is 4.71. The summed E-state index contributed by atoms with van der Waals surface area (Å²) < 4.78 is 45.9. The third kappa shape index (κ3) is 4.99. The quantitative estimate of drug-likeness (QED) is 0.197. The van der Waals surface area contributed by atoms with Crippen molar-refractivity contribution in [1.29, 1.82) is 0 Å². The first kappa shape index (κ1) is 23.5. The fourth-order valence-electron chi connectivity index (χ4n) is 2.96. The van der Waals surface area contributed by atoms with E-state index in [1.807, 2.05) is 6.07 Å². The number of rotatable bonds is 7. The first-order chi connectivity index (χ1) is 15.1. The van der Waals surface area contributed by atoms with E-state index in [2.05, 4.69) is 32.5 Å². The van der Waals surface area contributed by atoms with Gasteiger partial charge in [0.05, 0.1) is 11.4 Å². The molecule has 3 rings (SSSR count). The molecule has 0 saturated carbocycles. The summed E-state index contributed by atoms with van der Waals surface area (Å²) in [6.07, 6.45) is -1.39. The molecule has 0 aliphatic carbocycles. The molecule has 0 fully saturated rings. The van der Waals surface area contributed by atoms with Crippen LogP contribution in [0.5, 0.6) is 11.6 Å². The monoisotopic (exact) mass is 505 g/mol. The Labute approximate surface area is 191 Å². The van der Waals surface area contributed by atoms with Crippen molar-refractivity contribution >= 4 is 33.1 Å². The molecule has 0 aliphatic rings. The number of nitrogens with zero attached hydrogens (tertiary/aromatic N) is 3. The zero-order chi connectivity index (χ0) is 23.5. The van der Waals surface area contributed by atoms with Crippen molar-refractivity contribution in [3.63, 3.8) is 0 Å². The number of carbonyl (C=O) groups excluding carboxylic acids is 1. The lowest BCUT2D eigenvalue weighted by atomic mass is 10.00. The Morgan fingerprint density at radius 2 is 1.81 bits per heavy atom. The second kappa shape index (κ2) is 9.52. The van der Waals surface area contributed by atoms with Gasteiger partial charge in [-0.3, -0.25) is 4.79 Å². The maximum absolute atomic E-state index is 13.3. The molecule has 0 aliphatic heterocycles. The topological polar surface area (TPSA) is 55.3 Å². The first-order valence-corrected chi connectivity index (χ1v) is 10.3. The second-order valence-electron chi connectivity index (χ2n) is 6.79. The van der Waals surface area contributed by atoms with Crippen molar-refractivity contribution in [3.8, 4) is 11.6 Å². The molecule has 3 aromatic rings. The molecule has 9 heteroatoms. The fourth-order valence-corrected chi connectivity index (χ4v) is 3.48. The van der Waals surface area contributed by atoms with Crippen LogP contribution >= 0.6 is 15.9 Å². The number of ketones is 1. The second-order valence-corrected chi connectivity index (χ2v) is 7.54. The number of benzene rings is 1. The molecule has 1 aromatic carbocycles. The van der Waals surface area contributed by atoms with Crippen LogP contribution in [0.25, 0.3) is 0 Å². The number of aromatic nitrogens is 2. The molecule has 0 unspecified atom stereocenters. The van der Waals surface area contributed by atoms with E-state index in [0.29, 0.717) is 28.0 Å². The van der Waals surface area contributed by atoms with Crippen LogP contribution in [0.3, 0.4) is 0 Å². The highest BCUT2D eigenvalue weighted by atomic mass is 79.9. The van der Waals surface area contributed by atoms with Gasteiger partial charge in [0.15, 0.2) is 5.78 Å². The van der Waals surface area contributed by atoms with Crippen molar-refractivity contribution in [2.24, 2.45) is 0 Å². The minimum absolute atomic E-state index is 0.0452. The molecule has 166 valence electrons. The normalized spacial score (nSPS) is 11.2. The smallest absolute Gasteiger partial charge is 0.421 e. The average Bonchev–Trinajstić information content (AvgIpc) is 2.77. The first-order valence-electron chi connectivity index (χ1n) is 9.54. The van der Waals surface area contributed by atoms with Crippen LogP contribution in [0.1, 0.15) is 29.3 Å². The number of allylic oxidation sites excluding steroid dienone is 1. The average molecular weight is 506 g/mol. The Kier molecular flexibility index (Phi) is 6.98. The van der Waals surface area contributed by atoms with E-state index in [1.54, 1.807) is 37.2 Å². The maximum Gasteiger partial charge on any atom is 0.421 e. The molecule has 0 radical (unpaired) electrons. The Balaban J connectivity index is 2.08. The summed E-state index contributed by atoms with van der Waals surface area (Å²) in [5, 5.41) is 0. The lowest BCUT2D eigenvalue weighted by molar-refractivity contribution is -0.138. The molecule has 0 saturated heterocycles. The van der Waals surface area contributed by atoms with E-state index in [9.17, 15) is 18.0 Å².